The van der Waals surface area contributed by atoms with Gasteiger partial charge in [-0.25, -0.2) is 0 Å². The molecule has 0 aliphatic rings. The van der Waals surface area contributed by atoms with Crippen LogP contribution in [0.2, 0.25) is 0 Å². The zero-order valence-corrected chi connectivity index (χ0v) is 7.69. The molecule has 5 heteroatoms. The maximum absolute atomic E-state index is 8.57. The lowest BCUT2D eigenvalue weighted by atomic mass is 10.4. The lowest BCUT2D eigenvalue weighted by molar-refractivity contribution is 1.24. The minimum atomic E-state index is 0.598. The van der Waals surface area contributed by atoms with Gasteiger partial charge >= 0.3 is 0 Å². The first-order valence-electron chi connectivity index (χ1n) is 2.42. The fourth-order valence-corrected chi connectivity index (χ4v) is 2.18. The molecule has 1 rings (SSSR count). The van der Waals surface area contributed by atoms with E-state index in [9.17, 15) is 0 Å². The first-order valence-corrected chi connectivity index (χ1v) is 4.87. The SMILES string of the molecule is CSc1nsc(S)c1C#N. The van der Waals surface area contributed by atoms with Gasteiger partial charge in [-0.05, 0) is 17.8 Å². The van der Waals surface area contributed by atoms with Gasteiger partial charge in [0.2, 0.25) is 0 Å². The van der Waals surface area contributed by atoms with E-state index in [-0.39, 0.29) is 0 Å². The summed E-state index contributed by atoms with van der Waals surface area (Å²) in [5.74, 6) is 0. The monoisotopic (exact) mass is 188 g/mol. The summed E-state index contributed by atoms with van der Waals surface area (Å²) in [4.78, 5) is 0. The highest BCUT2D eigenvalue weighted by molar-refractivity contribution is 7.98. The first kappa shape index (κ1) is 7.92. The average Bonchev–Trinajstić information content (AvgIpc) is 2.30. The molecule has 0 unspecified atom stereocenters. The molecule has 52 valence electrons. The molecule has 0 N–H and O–H groups in total. The molecular formula is C5H4N2S3. The van der Waals surface area contributed by atoms with Gasteiger partial charge in [0.25, 0.3) is 0 Å². The van der Waals surface area contributed by atoms with Crippen LogP contribution in [0.15, 0.2) is 9.24 Å². The molecule has 0 radical (unpaired) electrons. The van der Waals surface area contributed by atoms with Crippen molar-refractivity contribution in [2.24, 2.45) is 0 Å². The largest absolute Gasteiger partial charge is 0.192 e. The van der Waals surface area contributed by atoms with Crippen molar-refractivity contribution >= 4 is 35.9 Å². The number of nitrogens with zero attached hydrogens (tertiary/aromatic N) is 2. The van der Waals surface area contributed by atoms with Crippen LogP contribution >= 0.6 is 35.9 Å². The van der Waals surface area contributed by atoms with Crippen molar-refractivity contribution in [3.63, 3.8) is 0 Å². The lowest BCUT2D eigenvalue weighted by Crippen LogP contribution is -1.73. The Morgan fingerprint density at radius 1 is 1.80 bits per heavy atom. The van der Waals surface area contributed by atoms with Crippen LogP contribution in [0.4, 0.5) is 0 Å². The number of thioether (sulfide) groups is 1. The van der Waals surface area contributed by atoms with Crippen molar-refractivity contribution in [2.75, 3.05) is 6.26 Å². The third kappa shape index (κ3) is 1.29. The summed E-state index contributed by atoms with van der Waals surface area (Å²) in [6, 6.07) is 2.05. The van der Waals surface area contributed by atoms with Gasteiger partial charge in [-0.2, -0.15) is 9.64 Å². The molecule has 0 saturated carbocycles. The Bertz CT molecular complexity index is 273. The predicted octanol–water partition coefficient (Wildman–Crippen LogP) is 2.03. The van der Waals surface area contributed by atoms with Gasteiger partial charge in [-0.1, -0.05) is 0 Å². The van der Waals surface area contributed by atoms with E-state index in [0.29, 0.717) is 9.77 Å². The third-order valence-electron chi connectivity index (χ3n) is 0.948. The number of hydrogen-bond donors (Lipinski definition) is 1. The minimum absolute atomic E-state index is 0.598. The molecule has 10 heavy (non-hydrogen) atoms. The normalized spacial score (nSPS) is 9.30. The summed E-state index contributed by atoms with van der Waals surface area (Å²) in [6.07, 6.45) is 1.89. The van der Waals surface area contributed by atoms with Crippen LogP contribution in [-0.2, 0) is 0 Å². The second-order valence-electron chi connectivity index (χ2n) is 1.48. The molecule has 0 fully saturated rings. The maximum atomic E-state index is 8.57. The zero-order valence-electron chi connectivity index (χ0n) is 5.16. The molecule has 0 saturated heterocycles. The molecule has 0 amide bonds. The van der Waals surface area contributed by atoms with Crippen LogP contribution in [-0.4, -0.2) is 10.6 Å². The summed E-state index contributed by atoms with van der Waals surface area (Å²) in [5, 5.41) is 9.35. The smallest absolute Gasteiger partial charge is 0.129 e. The molecule has 1 aromatic heterocycles. The molecule has 0 spiro atoms. The van der Waals surface area contributed by atoms with Crippen LogP contribution < -0.4 is 0 Å². The van der Waals surface area contributed by atoms with Gasteiger partial charge in [0.15, 0.2) is 0 Å². The lowest BCUT2D eigenvalue weighted by Gasteiger charge is -1.85. The van der Waals surface area contributed by atoms with Crippen molar-refractivity contribution in [3.8, 4) is 6.07 Å². The van der Waals surface area contributed by atoms with E-state index in [4.69, 9.17) is 5.26 Å². The Morgan fingerprint density at radius 3 is 2.90 bits per heavy atom. The van der Waals surface area contributed by atoms with E-state index in [1.165, 1.54) is 23.3 Å². The van der Waals surface area contributed by atoms with E-state index >= 15 is 0 Å². The molecular weight excluding hydrogens is 184 g/mol. The van der Waals surface area contributed by atoms with Gasteiger partial charge in [0, 0.05) is 0 Å². The van der Waals surface area contributed by atoms with Crippen molar-refractivity contribution in [2.45, 2.75) is 9.24 Å². The molecule has 1 heterocycles. The van der Waals surface area contributed by atoms with Crippen LogP contribution in [0, 0.1) is 11.3 Å². The van der Waals surface area contributed by atoms with Gasteiger partial charge in [0.05, 0.1) is 4.21 Å². The van der Waals surface area contributed by atoms with E-state index in [2.05, 4.69) is 17.0 Å². The number of nitriles is 1. The fourth-order valence-electron chi connectivity index (χ4n) is 0.502. The summed E-state index contributed by atoms with van der Waals surface area (Å²) in [5.41, 5.74) is 0.598. The Morgan fingerprint density at radius 2 is 2.50 bits per heavy atom. The van der Waals surface area contributed by atoms with Gasteiger partial charge in [-0.15, -0.1) is 24.4 Å². The van der Waals surface area contributed by atoms with Gasteiger partial charge in [-0.3, -0.25) is 0 Å². The molecule has 1 aromatic rings. The maximum Gasteiger partial charge on any atom is 0.129 e. The molecule has 0 aliphatic carbocycles. The Balaban J connectivity index is 3.17. The number of rotatable bonds is 1. The highest BCUT2D eigenvalue weighted by Gasteiger charge is 2.08. The van der Waals surface area contributed by atoms with E-state index in [1.807, 2.05) is 12.3 Å². The highest BCUT2D eigenvalue weighted by atomic mass is 32.2. The van der Waals surface area contributed by atoms with E-state index in [0.717, 1.165) is 5.03 Å². The standard InChI is InChI=1S/C5H4N2S3/c1-9-4-3(2-6)5(8)10-7-4/h8H,1H3. The highest BCUT2D eigenvalue weighted by Crippen LogP contribution is 2.27. The number of thiol groups is 1. The number of aromatic nitrogens is 1. The van der Waals surface area contributed by atoms with Crippen molar-refractivity contribution < 1.29 is 0 Å². The fraction of sp³-hybridized carbons (Fsp3) is 0.200. The van der Waals surface area contributed by atoms with Crippen molar-refractivity contribution in [3.05, 3.63) is 5.56 Å². The molecule has 0 aromatic carbocycles. The quantitative estimate of drug-likeness (QED) is 0.541. The Hall–Kier alpha value is -0.180. The van der Waals surface area contributed by atoms with Gasteiger partial charge < -0.3 is 0 Å². The Labute approximate surface area is 72.8 Å². The molecule has 0 atom stereocenters. The van der Waals surface area contributed by atoms with Crippen LogP contribution in [0.3, 0.4) is 0 Å². The first-order chi connectivity index (χ1) is 4.79. The summed E-state index contributed by atoms with van der Waals surface area (Å²) in [7, 11) is 0. The molecule has 0 aliphatic heterocycles. The van der Waals surface area contributed by atoms with Crippen LogP contribution in [0.25, 0.3) is 0 Å². The molecule has 2 nitrogen and oxygen atoms in total. The van der Waals surface area contributed by atoms with Crippen LogP contribution in [0.1, 0.15) is 5.56 Å². The summed E-state index contributed by atoms with van der Waals surface area (Å²) >= 11 is 6.79. The second-order valence-corrected chi connectivity index (χ2v) is 3.80. The Kier molecular flexibility index (Phi) is 2.60. The topological polar surface area (TPSA) is 36.7 Å². The number of hydrogen-bond acceptors (Lipinski definition) is 5. The van der Waals surface area contributed by atoms with E-state index in [1.54, 1.807) is 0 Å². The summed E-state index contributed by atoms with van der Waals surface area (Å²) < 4.78 is 4.71. The van der Waals surface area contributed by atoms with Gasteiger partial charge in [0.1, 0.15) is 16.7 Å². The van der Waals surface area contributed by atoms with E-state index < -0.39 is 0 Å². The minimum Gasteiger partial charge on any atom is -0.192 e. The van der Waals surface area contributed by atoms with Crippen molar-refractivity contribution in [1.82, 2.24) is 4.37 Å². The van der Waals surface area contributed by atoms with Crippen molar-refractivity contribution in [1.29, 1.82) is 5.26 Å². The average molecular weight is 188 g/mol. The zero-order chi connectivity index (χ0) is 7.56. The third-order valence-corrected chi connectivity index (χ3v) is 2.87. The second kappa shape index (κ2) is 3.28. The predicted molar refractivity (Wildman–Crippen MR) is 45.9 cm³/mol. The summed E-state index contributed by atoms with van der Waals surface area (Å²) in [6.45, 7) is 0. The van der Waals surface area contributed by atoms with Crippen LogP contribution in [0.5, 0.6) is 0 Å². The molecule has 0 bridgehead atoms.